The van der Waals surface area contributed by atoms with E-state index in [1.807, 2.05) is 42.5 Å². The monoisotopic (exact) mass is 413 g/mol. The zero-order valence-corrected chi connectivity index (χ0v) is 16.4. The van der Waals surface area contributed by atoms with Crippen molar-refractivity contribution in [3.8, 4) is 16.5 Å². The first-order chi connectivity index (χ1) is 14.1. The first-order valence-electron chi connectivity index (χ1n) is 8.69. The number of nitrogens with zero attached hydrogens (tertiary/aromatic N) is 2. The highest BCUT2D eigenvalue weighted by molar-refractivity contribution is 8.18. The minimum atomic E-state index is -0.375. The summed E-state index contributed by atoms with van der Waals surface area (Å²) in [5.74, 6) is -0.375. The number of pyridine rings is 1. The molecule has 138 valence electrons. The van der Waals surface area contributed by atoms with E-state index in [4.69, 9.17) is 0 Å². The number of carbonyl (C=O) groups is 2. The van der Waals surface area contributed by atoms with Crippen molar-refractivity contribution in [2.24, 2.45) is 0 Å². The van der Waals surface area contributed by atoms with Gasteiger partial charge in [-0.15, -0.1) is 11.3 Å². The molecule has 0 atom stereocenters. The van der Waals surface area contributed by atoms with Crippen molar-refractivity contribution in [3.63, 3.8) is 0 Å². The molecule has 2 amide bonds. The maximum absolute atomic E-state index is 11.8. The number of nitrogens with one attached hydrogen (secondary N) is 1. The van der Waals surface area contributed by atoms with Gasteiger partial charge in [0.2, 0.25) is 0 Å². The number of thiophene rings is 1. The van der Waals surface area contributed by atoms with Gasteiger partial charge in [0.15, 0.2) is 0 Å². The van der Waals surface area contributed by atoms with Crippen molar-refractivity contribution in [1.29, 1.82) is 5.26 Å². The summed E-state index contributed by atoms with van der Waals surface area (Å²) in [4.78, 5) is 29.1. The number of hydrogen-bond acceptors (Lipinski definition) is 6. The summed E-state index contributed by atoms with van der Waals surface area (Å²) in [5.41, 5.74) is 3.33. The molecule has 0 spiro atoms. The molecular formula is C22H11N3O2S2. The number of aromatic nitrogens is 1. The highest BCUT2D eigenvalue weighted by Crippen LogP contribution is 2.38. The second-order valence-electron chi connectivity index (χ2n) is 6.43. The molecule has 7 heteroatoms. The Labute approximate surface area is 173 Å². The Hall–Kier alpha value is -3.47. The van der Waals surface area contributed by atoms with Crippen LogP contribution in [0.3, 0.4) is 0 Å². The minimum absolute atomic E-state index is 0.358. The molecular weight excluding hydrogens is 402 g/mol. The van der Waals surface area contributed by atoms with Gasteiger partial charge >= 0.3 is 0 Å². The van der Waals surface area contributed by atoms with Crippen LogP contribution in [0.25, 0.3) is 37.5 Å². The van der Waals surface area contributed by atoms with Crippen LogP contribution in [0, 0.1) is 11.3 Å². The Bertz CT molecular complexity index is 1410. The molecule has 1 saturated heterocycles. The Morgan fingerprint density at radius 2 is 2.00 bits per heavy atom. The van der Waals surface area contributed by atoms with Gasteiger partial charge < -0.3 is 0 Å². The molecule has 1 aliphatic rings. The Morgan fingerprint density at radius 3 is 2.79 bits per heavy atom. The quantitative estimate of drug-likeness (QED) is 0.450. The van der Waals surface area contributed by atoms with Crippen LogP contribution < -0.4 is 5.32 Å². The van der Waals surface area contributed by atoms with E-state index in [1.54, 1.807) is 23.6 Å². The molecule has 1 aliphatic heterocycles. The van der Waals surface area contributed by atoms with Crippen molar-refractivity contribution in [3.05, 3.63) is 70.8 Å². The molecule has 2 aromatic carbocycles. The molecule has 1 fully saturated rings. The lowest BCUT2D eigenvalue weighted by Crippen LogP contribution is -2.17. The number of fused-ring (bicyclic) bond motifs is 2. The number of carbonyl (C=O) groups excluding carboxylic acids is 2. The van der Waals surface area contributed by atoms with E-state index in [0.717, 1.165) is 48.8 Å². The molecule has 5 nitrogen and oxygen atoms in total. The predicted octanol–water partition coefficient (Wildman–Crippen LogP) is 5.31. The zero-order valence-electron chi connectivity index (χ0n) is 14.8. The molecule has 29 heavy (non-hydrogen) atoms. The Kier molecular flexibility index (Phi) is 4.16. The maximum atomic E-state index is 11.8. The summed E-state index contributed by atoms with van der Waals surface area (Å²) in [5, 5.41) is 13.3. The summed E-state index contributed by atoms with van der Waals surface area (Å²) < 4.78 is 0.964. The van der Waals surface area contributed by atoms with Gasteiger partial charge in [-0.25, -0.2) is 0 Å². The van der Waals surface area contributed by atoms with E-state index in [2.05, 4.69) is 22.4 Å². The van der Waals surface area contributed by atoms with Gasteiger partial charge in [0.1, 0.15) is 6.07 Å². The fourth-order valence-electron chi connectivity index (χ4n) is 3.32. The van der Waals surface area contributed by atoms with Crippen molar-refractivity contribution in [2.75, 3.05) is 0 Å². The molecule has 3 heterocycles. The fraction of sp³-hybridized carbons (Fsp3) is 0. The van der Waals surface area contributed by atoms with Crippen LogP contribution in [0.5, 0.6) is 0 Å². The number of rotatable bonds is 2. The molecule has 0 aliphatic carbocycles. The molecule has 1 N–H and O–H groups in total. The van der Waals surface area contributed by atoms with Gasteiger partial charge in [-0.2, -0.15) is 5.26 Å². The number of thioether (sulfide) groups is 1. The topological polar surface area (TPSA) is 82.8 Å². The SMILES string of the molecule is N#Cc1cccc2cc(-c3ccnc4ccc(C=C5SC(=O)NC5=O)cc34)sc12. The first kappa shape index (κ1) is 17.6. The molecule has 0 saturated carbocycles. The zero-order chi connectivity index (χ0) is 20.0. The van der Waals surface area contributed by atoms with Crippen LogP contribution in [0.4, 0.5) is 4.79 Å². The van der Waals surface area contributed by atoms with E-state index in [-0.39, 0.29) is 11.1 Å². The first-order valence-corrected chi connectivity index (χ1v) is 10.3. The van der Waals surface area contributed by atoms with E-state index in [0.29, 0.717) is 10.5 Å². The second kappa shape index (κ2) is 6.85. The maximum Gasteiger partial charge on any atom is 0.290 e. The molecule has 0 radical (unpaired) electrons. The third kappa shape index (κ3) is 3.09. The number of nitriles is 1. The minimum Gasteiger partial charge on any atom is -0.282 e. The van der Waals surface area contributed by atoms with Crippen molar-refractivity contribution in [2.45, 2.75) is 0 Å². The van der Waals surface area contributed by atoms with Crippen LogP contribution in [-0.4, -0.2) is 16.1 Å². The summed E-state index contributed by atoms with van der Waals surface area (Å²) >= 11 is 2.48. The van der Waals surface area contributed by atoms with E-state index >= 15 is 0 Å². The van der Waals surface area contributed by atoms with E-state index in [1.165, 1.54) is 0 Å². The van der Waals surface area contributed by atoms with Gasteiger partial charge in [0.05, 0.1) is 20.7 Å². The van der Waals surface area contributed by atoms with Gasteiger partial charge in [-0.3, -0.25) is 19.9 Å². The fourth-order valence-corrected chi connectivity index (χ4v) is 5.17. The highest BCUT2D eigenvalue weighted by Gasteiger charge is 2.25. The average molecular weight is 413 g/mol. The lowest BCUT2D eigenvalue weighted by molar-refractivity contribution is -0.115. The predicted molar refractivity (Wildman–Crippen MR) is 116 cm³/mol. The van der Waals surface area contributed by atoms with Gasteiger partial charge in [0, 0.05) is 22.0 Å². The molecule has 4 aromatic rings. The number of imide groups is 1. The molecule has 0 unspecified atom stereocenters. The van der Waals surface area contributed by atoms with Crippen LogP contribution in [0.1, 0.15) is 11.1 Å². The number of benzene rings is 2. The summed E-state index contributed by atoms with van der Waals surface area (Å²) in [6, 6.07) is 17.7. The van der Waals surface area contributed by atoms with Gasteiger partial charge in [-0.05, 0) is 59.1 Å². The third-order valence-electron chi connectivity index (χ3n) is 4.64. The van der Waals surface area contributed by atoms with Crippen molar-refractivity contribution < 1.29 is 9.59 Å². The average Bonchev–Trinajstić information content (AvgIpc) is 3.29. The largest absolute Gasteiger partial charge is 0.290 e. The lowest BCUT2D eigenvalue weighted by atomic mass is 10.0. The van der Waals surface area contributed by atoms with Crippen LogP contribution in [0.2, 0.25) is 0 Å². The van der Waals surface area contributed by atoms with Crippen molar-refractivity contribution in [1.82, 2.24) is 10.3 Å². The van der Waals surface area contributed by atoms with Crippen molar-refractivity contribution >= 4 is 61.3 Å². The second-order valence-corrected chi connectivity index (χ2v) is 8.50. The summed E-state index contributed by atoms with van der Waals surface area (Å²) in [6.45, 7) is 0. The highest BCUT2D eigenvalue weighted by atomic mass is 32.2. The summed E-state index contributed by atoms with van der Waals surface area (Å²) in [6.07, 6.45) is 3.48. The van der Waals surface area contributed by atoms with Crippen LogP contribution in [-0.2, 0) is 4.79 Å². The number of hydrogen-bond donors (Lipinski definition) is 1. The van der Waals surface area contributed by atoms with Crippen LogP contribution in [0.15, 0.2) is 59.6 Å². The van der Waals surface area contributed by atoms with Crippen LogP contribution >= 0.6 is 23.1 Å². The van der Waals surface area contributed by atoms with E-state index in [9.17, 15) is 14.9 Å². The lowest BCUT2D eigenvalue weighted by Gasteiger charge is -2.05. The molecule has 5 rings (SSSR count). The Morgan fingerprint density at radius 1 is 1.10 bits per heavy atom. The normalized spacial score (nSPS) is 15.2. The standard InChI is InChI=1S/C22H11N3O2S2/c23-11-14-3-1-2-13-10-18(28-20(13)14)15-6-7-24-17-5-4-12(8-16(15)17)9-19-21(26)25-22(27)29-19/h1-10H,(H,25,26,27). The smallest absolute Gasteiger partial charge is 0.282 e. The van der Waals surface area contributed by atoms with E-state index < -0.39 is 0 Å². The van der Waals surface area contributed by atoms with Gasteiger partial charge in [0.25, 0.3) is 11.1 Å². The molecule has 2 aromatic heterocycles. The molecule has 0 bridgehead atoms. The van der Waals surface area contributed by atoms with Gasteiger partial charge in [-0.1, -0.05) is 18.2 Å². The Balaban J connectivity index is 1.67. The summed E-state index contributed by atoms with van der Waals surface area (Å²) in [7, 11) is 0. The number of amides is 2. The third-order valence-corrected chi connectivity index (χ3v) is 6.66.